The second-order valence-corrected chi connectivity index (χ2v) is 8.90. The van der Waals surface area contributed by atoms with Crippen LogP contribution in [0, 0.1) is 0 Å². The molecule has 0 saturated carbocycles. The summed E-state index contributed by atoms with van der Waals surface area (Å²) in [5.74, 6) is -0.477. The third kappa shape index (κ3) is 7.99. The first-order valence-corrected chi connectivity index (χ1v) is 11.4. The van der Waals surface area contributed by atoms with E-state index in [1.165, 1.54) is 0 Å². The third-order valence-electron chi connectivity index (χ3n) is 5.30. The Morgan fingerprint density at radius 2 is 1.89 bits per heavy atom. The third-order valence-corrected chi connectivity index (χ3v) is 6.04. The molecule has 3 N–H and O–H groups in total. The van der Waals surface area contributed by atoms with Gasteiger partial charge in [-0.2, -0.15) is 13.2 Å². The zero-order valence-electron chi connectivity index (χ0n) is 18.3. The number of hydrogen-bond donors (Lipinski definition) is 3. The SMILES string of the molecule is O=C(NC[C@@H](O)CN1CCC(Oc2ccc(Cl)c(Cl)c2)CC1)c1cc(=O)[nH]c(=O)n1CC(F)(F)F. The average molecular weight is 539 g/mol. The quantitative estimate of drug-likeness (QED) is 0.473. The largest absolute Gasteiger partial charge is 0.490 e. The first kappa shape index (κ1) is 27.1. The molecule has 1 aromatic heterocycles. The number of nitrogens with one attached hydrogen (secondary N) is 2. The topological polar surface area (TPSA) is 117 Å². The van der Waals surface area contributed by atoms with Gasteiger partial charge in [-0.15, -0.1) is 0 Å². The first-order chi connectivity index (χ1) is 16.4. The van der Waals surface area contributed by atoms with E-state index in [9.17, 15) is 32.7 Å². The summed E-state index contributed by atoms with van der Waals surface area (Å²) in [7, 11) is 0. The van der Waals surface area contributed by atoms with E-state index in [2.05, 4.69) is 5.32 Å². The van der Waals surface area contributed by atoms with E-state index in [0.717, 1.165) is 0 Å². The lowest BCUT2D eigenvalue weighted by Gasteiger charge is -2.33. The Hall–Kier alpha value is -2.54. The fourth-order valence-electron chi connectivity index (χ4n) is 3.66. The smallest absolute Gasteiger partial charge is 0.406 e. The van der Waals surface area contributed by atoms with Gasteiger partial charge in [-0.05, 0) is 25.0 Å². The number of aliphatic hydroxyl groups excluding tert-OH is 1. The van der Waals surface area contributed by atoms with Crippen molar-refractivity contribution in [2.45, 2.75) is 37.8 Å². The van der Waals surface area contributed by atoms with E-state index in [1.54, 1.807) is 23.2 Å². The van der Waals surface area contributed by atoms with Crippen molar-refractivity contribution in [2.24, 2.45) is 0 Å². The molecule has 1 aliphatic heterocycles. The summed E-state index contributed by atoms with van der Waals surface area (Å²) in [6.45, 7) is -0.616. The Morgan fingerprint density at radius 1 is 1.20 bits per heavy atom. The van der Waals surface area contributed by atoms with Crippen LogP contribution in [0.4, 0.5) is 13.2 Å². The molecule has 1 saturated heterocycles. The molecule has 1 aliphatic rings. The van der Waals surface area contributed by atoms with Crippen LogP contribution >= 0.6 is 23.2 Å². The van der Waals surface area contributed by atoms with E-state index in [4.69, 9.17) is 27.9 Å². The van der Waals surface area contributed by atoms with Gasteiger partial charge < -0.3 is 20.1 Å². The van der Waals surface area contributed by atoms with Crippen molar-refractivity contribution in [2.75, 3.05) is 26.2 Å². The van der Waals surface area contributed by atoms with Crippen LogP contribution in [0.25, 0.3) is 0 Å². The normalized spacial score (nSPS) is 16.2. The molecule has 0 radical (unpaired) electrons. The fraction of sp³-hybridized carbons (Fsp3) is 0.476. The van der Waals surface area contributed by atoms with Gasteiger partial charge in [0.25, 0.3) is 11.5 Å². The molecule has 0 bridgehead atoms. The van der Waals surface area contributed by atoms with E-state index in [-0.39, 0.29) is 23.8 Å². The number of hydrogen-bond acceptors (Lipinski definition) is 6. The van der Waals surface area contributed by atoms with Crippen LogP contribution in [-0.4, -0.2) is 70.0 Å². The van der Waals surface area contributed by atoms with Crippen molar-refractivity contribution >= 4 is 29.1 Å². The molecule has 0 spiro atoms. The van der Waals surface area contributed by atoms with Crippen molar-refractivity contribution in [3.8, 4) is 5.75 Å². The van der Waals surface area contributed by atoms with Crippen LogP contribution in [0.15, 0.2) is 33.9 Å². The molecular formula is C21H23Cl2F3N4O5. The number of amides is 1. The van der Waals surface area contributed by atoms with Crippen LogP contribution in [0.1, 0.15) is 23.3 Å². The van der Waals surface area contributed by atoms with Crippen LogP contribution in [0.3, 0.4) is 0 Å². The number of H-pyrrole nitrogens is 1. The maximum Gasteiger partial charge on any atom is 0.406 e. The fourth-order valence-corrected chi connectivity index (χ4v) is 3.95. The minimum absolute atomic E-state index is 0.0538. The molecule has 1 amide bonds. The maximum atomic E-state index is 12.8. The summed E-state index contributed by atoms with van der Waals surface area (Å²) in [4.78, 5) is 39.3. The van der Waals surface area contributed by atoms with E-state index in [0.29, 0.717) is 47.8 Å². The van der Waals surface area contributed by atoms with E-state index < -0.39 is 41.7 Å². The number of ether oxygens (including phenoxy) is 1. The molecule has 192 valence electrons. The highest BCUT2D eigenvalue weighted by Gasteiger charge is 2.31. The van der Waals surface area contributed by atoms with Crippen LogP contribution in [0.5, 0.6) is 5.75 Å². The summed E-state index contributed by atoms with van der Waals surface area (Å²) < 4.78 is 44.4. The van der Waals surface area contributed by atoms with Gasteiger partial charge in [-0.25, -0.2) is 4.79 Å². The maximum absolute atomic E-state index is 12.8. The zero-order chi connectivity index (χ0) is 25.8. The number of halogens is 5. The Kier molecular flexibility index (Phi) is 8.86. The second kappa shape index (κ2) is 11.5. The number of aromatic nitrogens is 2. The van der Waals surface area contributed by atoms with Gasteiger partial charge in [0.1, 0.15) is 24.1 Å². The Bertz CT molecular complexity index is 1160. The predicted molar refractivity (Wildman–Crippen MR) is 122 cm³/mol. The minimum Gasteiger partial charge on any atom is -0.490 e. The van der Waals surface area contributed by atoms with E-state index >= 15 is 0 Å². The number of aromatic amines is 1. The van der Waals surface area contributed by atoms with E-state index in [1.807, 2.05) is 4.90 Å². The van der Waals surface area contributed by atoms with Crippen LogP contribution in [0.2, 0.25) is 10.0 Å². The van der Waals surface area contributed by atoms with Gasteiger partial charge >= 0.3 is 11.9 Å². The molecule has 14 heteroatoms. The number of piperidine rings is 1. The Labute approximate surface area is 207 Å². The average Bonchev–Trinajstić information content (AvgIpc) is 2.77. The number of likely N-dealkylation sites (tertiary alicyclic amines) is 1. The molecule has 0 aliphatic carbocycles. The summed E-state index contributed by atoms with van der Waals surface area (Å²) in [5, 5.41) is 13.4. The Balaban J connectivity index is 1.49. The molecule has 1 atom stereocenters. The predicted octanol–water partition coefficient (Wildman–Crippen LogP) is 2.04. The molecule has 0 unspecified atom stereocenters. The second-order valence-electron chi connectivity index (χ2n) is 8.08. The van der Waals surface area contributed by atoms with Gasteiger partial charge in [0.15, 0.2) is 0 Å². The molecule has 1 fully saturated rings. The molecule has 2 heterocycles. The van der Waals surface area contributed by atoms with Gasteiger partial charge in [-0.3, -0.25) is 19.1 Å². The summed E-state index contributed by atoms with van der Waals surface area (Å²) in [6.07, 6.45) is -4.52. The lowest BCUT2D eigenvalue weighted by Crippen LogP contribution is -2.46. The van der Waals surface area contributed by atoms with Crippen molar-refractivity contribution in [3.05, 3.63) is 60.8 Å². The number of alkyl halides is 3. The highest BCUT2D eigenvalue weighted by Crippen LogP contribution is 2.28. The van der Waals surface area contributed by atoms with Gasteiger partial charge in [-0.1, -0.05) is 23.2 Å². The number of rotatable bonds is 8. The number of benzene rings is 1. The summed E-state index contributed by atoms with van der Waals surface area (Å²) in [6, 6.07) is 5.61. The standard InChI is InChI=1S/C21H23Cl2F3N4O5/c22-15-2-1-14(7-16(15)23)35-13-3-5-29(6-4-13)10-12(31)9-27-19(33)17-8-18(32)28-20(34)30(17)11-21(24,25)26/h1-2,7-8,12-13,31H,3-6,9-11H2,(H,27,33)(H,28,32,34)/t12-/m1/s1. The Morgan fingerprint density at radius 3 is 2.51 bits per heavy atom. The summed E-state index contributed by atoms with van der Waals surface area (Å²) in [5.41, 5.74) is -3.11. The molecule has 1 aromatic carbocycles. The van der Waals surface area contributed by atoms with Gasteiger partial charge in [0, 0.05) is 38.3 Å². The molecule has 35 heavy (non-hydrogen) atoms. The van der Waals surface area contributed by atoms with Crippen molar-refractivity contribution in [3.63, 3.8) is 0 Å². The number of β-amino-alcohol motifs (C(OH)–C–C–N with tert-alkyl or cyclic N) is 1. The zero-order valence-corrected chi connectivity index (χ0v) is 19.8. The van der Waals surface area contributed by atoms with Crippen LogP contribution in [-0.2, 0) is 6.54 Å². The van der Waals surface area contributed by atoms with Gasteiger partial charge in [0.2, 0.25) is 0 Å². The lowest BCUT2D eigenvalue weighted by molar-refractivity contribution is -0.141. The number of carbonyl (C=O) groups excluding carboxylic acids is 1. The first-order valence-electron chi connectivity index (χ1n) is 10.6. The highest BCUT2D eigenvalue weighted by molar-refractivity contribution is 6.42. The lowest BCUT2D eigenvalue weighted by atomic mass is 10.1. The molecule has 9 nitrogen and oxygen atoms in total. The monoisotopic (exact) mass is 538 g/mol. The minimum atomic E-state index is -4.79. The molecular weight excluding hydrogens is 516 g/mol. The van der Waals surface area contributed by atoms with Gasteiger partial charge in [0.05, 0.1) is 16.1 Å². The number of carbonyl (C=O) groups is 1. The number of aliphatic hydroxyl groups is 1. The number of nitrogens with zero attached hydrogens (tertiary/aromatic N) is 2. The molecule has 2 aromatic rings. The van der Waals surface area contributed by atoms with Crippen molar-refractivity contribution < 1.29 is 27.8 Å². The highest BCUT2D eigenvalue weighted by atomic mass is 35.5. The van der Waals surface area contributed by atoms with Crippen molar-refractivity contribution in [1.29, 1.82) is 0 Å². The summed E-state index contributed by atoms with van der Waals surface area (Å²) >= 11 is 11.9. The van der Waals surface area contributed by atoms with Crippen LogP contribution < -0.4 is 21.3 Å². The molecule has 3 rings (SSSR count). The van der Waals surface area contributed by atoms with Crippen molar-refractivity contribution in [1.82, 2.24) is 19.8 Å².